The predicted octanol–water partition coefficient (Wildman–Crippen LogP) is 4.27. The second kappa shape index (κ2) is 4.73. The van der Waals surface area contributed by atoms with Crippen molar-refractivity contribution in [3.8, 4) is 0 Å². The van der Waals surface area contributed by atoms with Crippen molar-refractivity contribution in [1.82, 2.24) is 0 Å². The van der Waals surface area contributed by atoms with Crippen LogP contribution in [0.2, 0.25) is 0 Å². The lowest BCUT2D eigenvalue weighted by molar-refractivity contribution is 0.0697. The van der Waals surface area contributed by atoms with Crippen LogP contribution in [-0.2, 0) is 0 Å². The zero-order valence-corrected chi connectivity index (χ0v) is 10.5. The smallest absolute Gasteiger partial charge is 0.335 e. The standard InChI is InChI=1S/C17H14O2/c18-17(19)15-9-7-13-6-8-14(10-16(13)11-15)12-4-2-1-3-5-12/h2,4-11H,1,3H2,(H,18,19). The van der Waals surface area contributed by atoms with E-state index in [1.165, 1.54) is 5.57 Å². The van der Waals surface area contributed by atoms with Crippen LogP contribution in [0.4, 0.5) is 0 Å². The van der Waals surface area contributed by atoms with Crippen molar-refractivity contribution in [3.63, 3.8) is 0 Å². The van der Waals surface area contributed by atoms with Crippen molar-refractivity contribution >= 4 is 22.3 Å². The van der Waals surface area contributed by atoms with Crippen LogP contribution in [0.5, 0.6) is 0 Å². The van der Waals surface area contributed by atoms with Crippen LogP contribution in [0, 0.1) is 0 Å². The summed E-state index contributed by atoms with van der Waals surface area (Å²) in [7, 11) is 0. The summed E-state index contributed by atoms with van der Waals surface area (Å²) in [5, 5.41) is 11.1. The van der Waals surface area contributed by atoms with Gasteiger partial charge in [-0.2, -0.15) is 0 Å². The molecule has 0 unspecified atom stereocenters. The predicted molar refractivity (Wildman–Crippen MR) is 77.3 cm³/mol. The van der Waals surface area contributed by atoms with Gasteiger partial charge in [0, 0.05) is 0 Å². The molecular formula is C17H14O2. The van der Waals surface area contributed by atoms with Gasteiger partial charge in [0.1, 0.15) is 0 Å². The number of carboxylic acid groups (broad SMARTS) is 1. The third-order valence-electron chi connectivity index (χ3n) is 3.42. The van der Waals surface area contributed by atoms with Gasteiger partial charge in [0.15, 0.2) is 0 Å². The first-order valence-corrected chi connectivity index (χ1v) is 6.38. The molecule has 3 rings (SSSR count). The molecule has 0 atom stereocenters. The Balaban J connectivity index is 2.10. The maximum Gasteiger partial charge on any atom is 0.335 e. The number of aromatic carboxylic acids is 1. The van der Waals surface area contributed by atoms with E-state index in [-0.39, 0.29) is 0 Å². The van der Waals surface area contributed by atoms with Crippen LogP contribution in [0.1, 0.15) is 28.8 Å². The Morgan fingerprint density at radius 1 is 1.00 bits per heavy atom. The van der Waals surface area contributed by atoms with Gasteiger partial charge in [-0.25, -0.2) is 4.79 Å². The molecule has 0 saturated carbocycles. The molecule has 0 heterocycles. The number of benzene rings is 2. The van der Waals surface area contributed by atoms with Crippen molar-refractivity contribution in [3.05, 3.63) is 65.8 Å². The molecule has 0 radical (unpaired) electrons. The quantitative estimate of drug-likeness (QED) is 0.864. The van der Waals surface area contributed by atoms with Gasteiger partial charge < -0.3 is 5.11 Å². The molecule has 0 fully saturated rings. The van der Waals surface area contributed by atoms with Crippen molar-refractivity contribution < 1.29 is 9.90 Å². The Morgan fingerprint density at radius 2 is 1.84 bits per heavy atom. The highest BCUT2D eigenvalue weighted by Crippen LogP contribution is 2.25. The van der Waals surface area contributed by atoms with Crippen LogP contribution in [0.25, 0.3) is 16.3 Å². The molecule has 2 heteroatoms. The van der Waals surface area contributed by atoms with E-state index in [0.29, 0.717) is 5.56 Å². The highest BCUT2D eigenvalue weighted by molar-refractivity contribution is 5.95. The Hall–Kier alpha value is -2.35. The molecule has 94 valence electrons. The molecule has 0 aromatic heterocycles. The monoisotopic (exact) mass is 250 g/mol. The topological polar surface area (TPSA) is 37.3 Å². The molecule has 0 saturated heterocycles. The third kappa shape index (κ3) is 2.29. The SMILES string of the molecule is O=C(O)c1ccc2ccc(C3=CCCC=C3)cc2c1. The van der Waals surface area contributed by atoms with E-state index in [1.807, 2.05) is 12.1 Å². The Kier molecular flexibility index (Phi) is 2.92. The summed E-state index contributed by atoms with van der Waals surface area (Å²) in [5.74, 6) is -0.885. The van der Waals surface area contributed by atoms with Gasteiger partial charge in [0.2, 0.25) is 0 Å². The fourth-order valence-electron chi connectivity index (χ4n) is 2.39. The average molecular weight is 250 g/mol. The Labute approximate surface area is 111 Å². The molecule has 1 N–H and O–H groups in total. The van der Waals surface area contributed by atoms with Gasteiger partial charge in [-0.15, -0.1) is 0 Å². The van der Waals surface area contributed by atoms with Gasteiger partial charge in [-0.3, -0.25) is 0 Å². The molecule has 0 amide bonds. The number of carbonyl (C=O) groups is 1. The second-order valence-electron chi connectivity index (χ2n) is 4.72. The van der Waals surface area contributed by atoms with Crippen LogP contribution in [0.3, 0.4) is 0 Å². The first kappa shape index (κ1) is 11.7. The van der Waals surface area contributed by atoms with Crippen molar-refractivity contribution in [1.29, 1.82) is 0 Å². The lowest BCUT2D eigenvalue weighted by Crippen LogP contribution is -1.95. The van der Waals surface area contributed by atoms with Crippen LogP contribution in [0.15, 0.2) is 54.6 Å². The molecule has 0 spiro atoms. The largest absolute Gasteiger partial charge is 0.478 e. The van der Waals surface area contributed by atoms with E-state index in [2.05, 4.69) is 30.4 Å². The third-order valence-corrected chi connectivity index (χ3v) is 3.42. The van der Waals surface area contributed by atoms with Gasteiger partial charge in [-0.05, 0) is 52.9 Å². The Bertz CT molecular complexity index is 708. The normalized spacial score (nSPS) is 14.4. The fraction of sp³-hybridized carbons (Fsp3) is 0.118. The average Bonchev–Trinajstić information content (AvgIpc) is 2.47. The number of hydrogen-bond acceptors (Lipinski definition) is 1. The minimum absolute atomic E-state index is 0.331. The lowest BCUT2D eigenvalue weighted by atomic mass is 9.96. The zero-order chi connectivity index (χ0) is 13.2. The molecule has 19 heavy (non-hydrogen) atoms. The minimum Gasteiger partial charge on any atom is -0.478 e. The summed E-state index contributed by atoms with van der Waals surface area (Å²) in [5.41, 5.74) is 2.69. The number of allylic oxidation sites excluding steroid dienone is 4. The number of carboxylic acids is 1. The van der Waals surface area contributed by atoms with Crippen molar-refractivity contribution in [2.45, 2.75) is 12.8 Å². The van der Waals surface area contributed by atoms with E-state index >= 15 is 0 Å². The van der Waals surface area contributed by atoms with E-state index in [0.717, 1.165) is 29.2 Å². The molecule has 1 aliphatic carbocycles. The summed E-state index contributed by atoms with van der Waals surface area (Å²) >= 11 is 0. The number of fused-ring (bicyclic) bond motifs is 1. The van der Waals surface area contributed by atoms with Gasteiger partial charge >= 0.3 is 5.97 Å². The second-order valence-corrected chi connectivity index (χ2v) is 4.72. The minimum atomic E-state index is -0.885. The van der Waals surface area contributed by atoms with Crippen LogP contribution < -0.4 is 0 Å². The fourth-order valence-corrected chi connectivity index (χ4v) is 2.39. The molecule has 0 aliphatic heterocycles. The summed E-state index contributed by atoms with van der Waals surface area (Å²) in [4.78, 5) is 11.0. The summed E-state index contributed by atoms with van der Waals surface area (Å²) in [6, 6.07) is 11.4. The first-order chi connectivity index (χ1) is 9.24. The lowest BCUT2D eigenvalue weighted by Gasteiger charge is -2.09. The van der Waals surface area contributed by atoms with E-state index in [9.17, 15) is 4.79 Å². The maximum absolute atomic E-state index is 11.0. The molecule has 2 aromatic rings. The highest BCUT2D eigenvalue weighted by atomic mass is 16.4. The molecular weight excluding hydrogens is 236 g/mol. The molecule has 1 aliphatic rings. The summed E-state index contributed by atoms with van der Waals surface area (Å²) in [6.45, 7) is 0. The summed E-state index contributed by atoms with van der Waals surface area (Å²) in [6.07, 6.45) is 8.69. The number of hydrogen-bond donors (Lipinski definition) is 1. The van der Waals surface area contributed by atoms with Crippen LogP contribution in [-0.4, -0.2) is 11.1 Å². The maximum atomic E-state index is 11.0. The van der Waals surface area contributed by atoms with Crippen LogP contribution >= 0.6 is 0 Å². The van der Waals surface area contributed by atoms with Gasteiger partial charge in [0.05, 0.1) is 5.56 Å². The zero-order valence-electron chi connectivity index (χ0n) is 10.5. The Morgan fingerprint density at radius 3 is 2.58 bits per heavy atom. The van der Waals surface area contributed by atoms with Crippen molar-refractivity contribution in [2.24, 2.45) is 0 Å². The number of rotatable bonds is 2. The van der Waals surface area contributed by atoms with Gasteiger partial charge in [-0.1, -0.05) is 36.4 Å². The van der Waals surface area contributed by atoms with E-state index < -0.39 is 5.97 Å². The first-order valence-electron chi connectivity index (χ1n) is 6.38. The molecule has 2 aromatic carbocycles. The van der Waals surface area contributed by atoms with Gasteiger partial charge in [0.25, 0.3) is 0 Å². The van der Waals surface area contributed by atoms with Crippen molar-refractivity contribution in [2.75, 3.05) is 0 Å². The highest BCUT2D eigenvalue weighted by Gasteiger charge is 2.06. The van der Waals surface area contributed by atoms with E-state index in [4.69, 9.17) is 5.11 Å². The van der Waals surface area contributed by atoms with E-state index in [1.54, 1.807) is 12.1 Å². The molecule has 0 bridgehead atoms. The molecule has 2 nitrogen and oxygen atoms in total. The summed E-state index contributed by atoms with van der Waals surface area (Å²) < 4.78 is 0.